The summed E-state index contributed by atoms with van der Waals surface area (Å²) in [5.74, 6) is 0.778. The van der Waals surface area contributed by atoms with Crippen molar-refractivity contribution in [3.05, 3.63) is 65.2 Å². The van der Waals surface area contributed by atoms with Gasteiger partial charge in [0.25, 0.3) is 0 Å². The van der Waals surface area contributed by atoms with Crippen LogP contribution in [0.1, 0.15) is 23.6 Å². The van der Waals surface area contributed by atoms with Gasteiger partial charge in [0, 0.05) is 6.54 Å². The summed E-state index contributed by atoms with van der Waals surface area (Å²) < 4.78 is 32.2. The summed E-state index contributed by atoms with van der Waals surface area (Å²) in [6, 6.07) is 14.9. The minimum Gasteiger partial charge on any atom is -0.494 e. The maximum absolute atomic E-state index is 12.1. The van der Waals surface area contributed by atoms with Gasteiger partial charge < -0.3 is 4.74 Å². The number of hydrogen-bond donors (Lipinski definition) is 1. The largest absolute Gasteiger partial charge is 0.494 e. The van der Waals surface area contributed by atoms with Gasteiger partial charge >= 0.3 is 0 Å². The summed E-state index contributed by atoms with van der Waals surface area (Å²) in [5, 5.41) is 0. The molecule has 5 heteroatoms. The highest BCUT2D eigenvalue weighted by Gasteiger charge is 2.11. The Labute approximate surface area is 132 Å². The van der Waals surface area contributed by atoms with Crippen LogP contribution < -0.4 is 9.46 Å². The first-order valence-electron chi connectivity index (χ1n) is 7.23. The minimum absolute atomic E-state index is 0.00822. The van der Waals surface area contributed by atoms with Crippen LogP contribution in [0.3, 0.4) is 0 Å². The summed E-state index contributed by atoms with van der Waals surface area (Å²) >= 11 is 0. The first kappa shape index (κ1) is 16.5. The molecule has 0 fully saturated rings. The quantitative estimate of drug-likeness (QED) is 0.853. The Morgan fingerprint density at radius 2 is 1.77 bits per heavy atom. The molecule has 0 amide bonds. The molecule has 0 atom stereocenters. The lowest BCUT2D eigenvalue weighted by Gasteiger charge is -2.08. The second-order valence-electron chi connectivity index (χ2n) is 5.15. The average Bonchev–Trinajstić information content (AvgIpc) is 2.46. The van der Waals surface area contributed by atoms with Crippen molar-refractivity contribution in [3.63, 3.8) is 0 Å². The SMILES string of the molecule is CCOc1ccc(CNS(=O)(=O)Cc2cccc(C)c2)cc1. The van der Waals surface area contributed by atoms with E-state index in [1.54, 1.807) is 0 Å². The van der Waals surface area contributed by atoms with Gasteiger partial charge in [0.15, 0.2) is 0 Å². The number of benzene rings is 2. The molecule has 2 rings (SSSR count). The fourth-order valence-corrected chi connectivity index (χ4v) is 3.24. The molecule has 0 aromatic heterocycles. The van der Waals surface area contributed by atoms with Gasteiger partial charge in [-0.05, 0) is 37.1 Å². The van der Waals surface area contributed by atoms with Crippen LogP contribution in [0, 0.1) is 6.92 Å². The summed E-state index contributed by atoms with van der Waals surface area (Å²) in [4.78, 5) is 0. The fourth-order valence-electron chi connectivity index (χ4n) is 2.14. The Bertz CT molecular complexity index is 709. The Hall–Kier alpha value is -1.85. The third-order valence-electron chi connectivity index (χ3n) is 3.17. The third kappa shape index (κ3) is 5.16. The Morgan fingerprint density at radius 1 is 1.05 bits per heavy atom. The van der Waals surface area contributed by atoms with Crippen molar-refractivity contribution in [2.75, 3.05) is 6.61 Å². The van der Waals surface area contributed by atoms with Gasteiger partial charge in [-0.2, -0.15) is 0 Å². The molecule has 0 bridgehead atoms. The van der Waals surface area contributed by atoms with E-state index in [1.165, 1.54) is 0 Å². The molecule has 0 aliphatic rings. The lowest BCUT2D eigenvalue weighted by atomic mass is 10.2. The molecule has 22 heavy (non-hydrogen) atoms. The standard InChI is InChI=1S/C17H21NO3S/c1-3-21-17-9-7-15(8-10-17)12-18-22(19,20)13-16-6-4-5-14(2)11-16/h4-11,18H,3,12-13H2,1-2H3. The molecule has 0 saturated heterocycles. The second-order valence-corrected chi connectivity index (χ2v) is 6.95. The van der Waals surface area contributed by atoms with E-state index in [4.69, 9.17) is 4.74 Å². The topological polar surface area (TPSA) is 55.4 Å². The first-order valence-corrected chi connectivity index (χ1v) is 8.88. The van der Waals surface area contributed by atoms with Gasteiger partial charge in [0.05, 0.1) is 12.4 Å². The van der Waals surface area contributed by atoms with Gasteiger partial charge in [-0.25, -0.2) is 13.1 Å². The smallest absolute Gasteiger partial charge is 0.216 e. The van der Waals surface area contributed by atoms with Gasteiger partial charge in [0.2, 0.25) is 10.0 Å². The van der Waals surface area contributed by atoms with Crippen molar-refractivity contribution in [3.8, 4) is 5.75 Å². The third-order valence-corrected chi connectivity index (χ3v) is 4.47. The van der Waals surface area contributed by atoms with E-state index < -0.39 is 10.0 Å². The number of ether oxygens (including phenoxy) is 1. The van der Waals surface area contributed by atoms with Crippen molar-refractivity contribution in [1.29, 1.82) is 0 Å². The zero-order valence-electron chi connectivity index (χ0n) is 12.9. The predicted molar refractivity (Wildman–Crippen MR) is 88.3 cm³/mol. The predicted octanol–water partition coefficient (Wildman–Crippen LogP) is 3.01. The lowest BCUT2D eigenvalue weighted by Crippen LogP contribution is -2.24. The van der Waals surface area contributed by atoms with E-state index in [0.717, 1.165) is 22.4 Å². The van der Waals surface area contributed by atoms with E-state index in [1.807, 2.05) is 62.4 Å². The molecule has 0 aliphatic heterocycles. The number of hydrogen-bond acceptors (Lipinski definition) is 3. The van der Waals surface area contributed by atoms with E-state index >= 15 is 0 Å². The van der Waals surface area contributed by atoms with Crippen LogP contribution in [0.5, 0.6) is 5.75 Å². The van der Waals surface area contributed by atoms with Crippen LogP contribution in [-0.2, 0) is 22.3 Å². The summed E-state index contributed by atoms with van der Waals surface area (Å²) in [7, 11) is -3.35. The van der Waals surface area contributed by atoms with E-state index in [2.05, 4.69) is 4.72 Å². The van der Waals surface area contributed by atoms with Crippen LogP contribution >= 0.6 is 0 Å². The number of nitrogens with one attached hydrogen (secondary N) is 1. The summed E-state index contributed by atoms with van der Waals surface area (Å²) in [6.07, 6.45) is 0. The van der Waals surface area contributed by atoms with Crippen LogP contribution in [0.15, 0.2) is 48.5 Å². The molecule has 118 valence electrons. The van der Waals surface area contributed by atoms with E-state index in [0.29, 0.717) is 6.61 Å². The number of rotatable bonds is 7. The molecular weight excluding hydrogens is 298 g/mol. The summed E-state index contributed by atoms with van der Waals surface area (Å²) in [5.41, 5.74) is 2.75. The molecule has 0 unspecified atom stereocenters. The normalized spacial score (nSPS) is 11.4. The van der Waals surface area contributed by atoms with Crippen LogP contribution in [0.4, 0.5) is 0 Å². The highest BCUT2D eigenvalue weighted by molar-refractivity contribution is 7.88. The van der Waals surface area contributed by atoms with Crippen molar-refractivity contribution in [2.24, 2.45) is 0 Å². The molecule has 2 aromatic rings. The van der Waals surface area contributed by atoms with Crippen molar-refractivity contribution >= 4 is 10.0 Å². The molecule has 0 heterocycles. The van der Waals surface area contributed by atoms with E-state index in [9.17, 15) is 8.42 Å². The van der Waals surface area contributed by atoms with Crippen LogP contribution in [0.2, 0.25) is 0 Å². The number of sulfonamides is 1. The molecular formula is C17H21NO3S. The van der Waals surface area contributed by atoms with Crippen molar-refractivity contribution in [1.82, 2.24) is 4.72 Å². The Morgan fingerprint density at radius 3 is 2.41 bits per heavy atom. The zero-order valence-corrected chi connectivity index (χ0v) is 13.7. The van der Waals surface area contributed by atoms with Crippen LogP contribution in [0.25, 0.3) is 0 Å². The minimum atomic E-state index is -3.35. The summed E-state index contributed by atoms with van der Waals surface area (Å²) in [6.45, 7) is 4.76. The van der Waals surface area contributed by atoms with Gasteiger partial charge in [-0.15, -0.1) is 0 Å². The molecule has 0 aliphatic carbocycles. The highest BCUT2D eigenvalue weighted by atomic mass is 32.2. The maximum atomic E-state index is 12.1. The molecule has 0 radical (unpaired) electrons. The van der Waals surface area contributed by atoms with Gasteiger partial charge in [0.1, 0.15) is 5.75 Å². The van der Waals surface area contributed by atoms with E-state index in [-0.39, 0.29) is 12.3 Å². The highest BCUT2D eigenvalue weighted by Crippen LogP contribution is 2.13. The van der Waals surface area contributed by atoms with Gasteiger partial charge in [-0.3, -0.25) is 0 Å². The van der Waals surface area contributed by atoms with Crippen molar-refractivity contribution < 1.29 is 13.2 Å². The maximum Gasteiger partial charge on any atom is 0.216 e. The molecule has 2 aromatic carbocycles. The fraction of sp³-hybridized carbons (Fsp3) is 0.294. The monoisotopic (exact) mass is 319 g/mol. The van der Waals surface area contributed by atoms with Crippen LogP contribution in [-0.4, -0.2) is 15.0 Å². The Balaban J connectivity index is 1.94. The van der Waals surface area contributed by atoms with Crippen molar-refractivity contribution in [2.45, 2.75) is 26.1 Å². The first-order chi connectivity index (χ1) is 10.5. The Kier molecular flexibility index (Phi) is 5.57. The second kappa shape index (κ2) is 7.42. The zero-order chi connectivity index (χ0) is 16.0. The molecule has 0 spiro atoms. The average molecular weight is 319 g/mol. The molecule has 0 saturated carbocycles. The van der Waals surface area contributed by atoms with Gasteiger partial charge in [-0.1, -0.05) is 42.0 Å². The number of aryl methyl sites for hydroxylation is 1. The molecule has 4 nitrogen and oxygen atoms in total. The lowest BCUT2D eigenvalue weighted by molar-refractivity contribution is 0.340. The molecule has 1 N–H and O–H groups in total.